The lowest BCUT2D eigenvalue weighted by Crippen LogP contribution is -2.37. The molecule has 6 nitrogen and oxygen atoms in total. The Kier molecular flexibility index (Phi) is 5.50. The molecule has 6 heteroatoms. The second kappa shape index (κ2) is 7.36. The van der Waals surface area contributed by atoms with Gasteiger partial charge in [0.05, 0.1) is 0 Å². The molecule has 1 aromatic heterocycles. The van der Waals surface area contributed by atoms with Crippen LogP contribution >= 0.6 is 0 Å². The number of carboxylic acids is 1. The molecule has 1 saturated heterocycles. The molecular weight excluding hydrogens is 268 g/mol. The van der Waals surface area contributed by atoms with Crippen LogP contribution in [0.4, 0.5) is 5.95 Å². The topological polar surface area (TPSA) is 78.4 Å². The second-order valence-electron chi connectivity index (χ2n) is 5.99. The molecule has 0 bridgehead atoms. The van der Waals surface area contributed by atoms with Gasteiger partial charge >= 0.3 is 5.97 Å². The Balaban J connectivity index is 1.88. The molecule has 1 aliphatic rings. The molecule has 1 atom stereocenters. The zero-order valence-corrected chi connectivity index (χ0v) is 12.7. The fourth-order valence-electron chi connectivity index (χ4n) is 2.50. The number of carboxylic acid groups (broad SMARTS) is 1. The first-order valence-corrected chi connectivity index (χ1v) is 7.58. The van der Waals surface area contributed by atoms with Crippen molar-refractivity contribution in [3.8, 4) is 0 Å². The predicted molar refractivity (Wildman–Crippen MR) is 81.2 cm³/mol. The van der Waals surface area contributed by atoms with Gasteiger partial charge in [0.25, 0.3) is 0 Å². The molecule has 0 spiro atoms. The molecule has 0 saturated carbocycles. The highest BCUT2D eigenvalue weighted by Gasteiger charge is 2.18. The van der Waals surface area contributed by atoms with Gasteiger partial charge in [0.15, 0.2) is 0 Å². The Labute approximate surface area is 125 Å². The average molecular weight is 292 g/mol. The number of hydrogen-bond acceptors (Lipinski definition) is 5. The van der Waals surface area contributed by atoms with E-state index in [-0.39, 0.29) is 0 Å². The quantitative estimate of drug-likeness (QED) is 0.796. The molecule has 0 radical (unpaired) electrons. The van der Waals surface area contributed by atoms with Crippen LogP contribution in [0.1, 0.15) is 38.7 Å². The molecule has 0 aliphatic carbocycles. The van der Waals surface area contributed by atoms with Crippen LogP contribution in [0.15, 0.2) is 12.4 Å². The lowest BCUT2D eigenvalue weighted by molar-refractivity contribution is -0.140. The highest BCUT2D eigenvalue weighted by Crippen LogP contribution is 2.15. The maximum Gasteiger partial charge on any atom is 0.320 e. The van der Waals surface area contributed by atoms with Gasteiger partial charge in [-0.25, -0.2) is 9.97 Å². The standard InChI is InChI=1S/C15H24N4O2/c1-11(2)7-13(14(20)21)16-8-12-9-17-15(18-10-12)19-5-3-4-6-19/h9-11,13,16H,3-8H2,1-2H3,(H,20,21)/t13-/m1/s1. The molecular formula is C15H24N4O2. The van der Waals surface area contributed by atoms with Gasteiger partial charge in [-0.3, -0.25) is 4.79 Å². The SMILES string of the molecule is CC(C)C[C@@H](NCc1cnc(N2CCCC2)nc1)C(=O)O. The van der Waals surface area contributed by atoms with Crippen LogP contribution in [0.3, 0.4) is 0 Å². The Morgan fingerprint density at radius 3 is 2.48 bits per heavy atom. The van der Waals surface area contributed by atoms with Crippen LogP contribution in [0.2, 0.25) is 0 Å². The molecule has 116 valence electrons. The minimum absolute atomic E-state index is 0.340. The second-order valence-corrected chi connectivity index (χ2v) is 5.99. The molecule has 1 fully saturated rings. The summed E-state index contributed by atoms with van der Waals surface area (Å²) in [5.41, 5.74) is 0.910. The van der Waals surface area contributed by atoms with E-state index in [1.165, 1.54) is 12.8 Å². The number of nitrogens with one attached hydrogen (secondary N) is 1. The van der Waals surface area contributed by atoms with Crippen LogP contribution in [-0.2, 0) is 11.3 Å². The number of aliphatic carboxylic acids is 1. The number of carbonyl (C=O) groups is 1. The van der Waals surface area contributed by atoms with E-state index in [4.69, 9.17) is 0 Å². The summed E-state index contributed by atoms with van der Waals surface area (Å²) in [5.74, 6) is 0.305. The number of nitrogens with zero attached hydrogens (tertiary/aromatic N) is 3. The van der Waals surface area contributed by atoms with Gasteiger partial charge in [0, 0.05) is 37.6 Å². The number of anilines is 1. The normalized spacial score (nSPS) is 16.4. The molecule has 1 aliphatic heterocycles. The van der Waals surface area contributed by atoms with Crippen molar-refractivity contribution in [3.63, 3.8) is 0 Å². The van der Waals surface area contributed by atoms with Gasteiger partial charge in [0.2, 0.25) is 5.95 Å². The Morgan fingerprint density at radius 2 is 1.95 bits per heavy atom. The summed E-state index contributed by atoms with van der Waals surface area (Å²) in [6, 6.07) is -0.525. The molecule has 2 heterocycles. The van der Waals surface area contributed by atoms with Gasteiger partial charge < -0.3 is 15.3 Å². The first kappa shape index (κ1) is 15.7. The molecule has 2 rings (SSSR count). The molecule has 0 unspecified atom stereocenters. The largest absolute Gasteiger partial charge is 0.480 e. The van der Waals surface area contributed by atoms with Gasteiger partial charge in [-0.05, 0) is 25.2 Å². The maximum absolute atomic E-state index is 11.2. The van der Waals surface area contributed by atoms with Crippen LogP contribution in [0.25, 0.3) is 0 Å². The average Bonchev–Trinajstić information content (AvgIpc) is 2.97. The van der Waals surface area contributed by atoms with E-state index in [9.17, 15) is 9.90 Å². The third kappa shape index (κ3) is 4.67. The van der Waals surface area contributed by atoms with Crippen LogP contribution in [0, 0.1) is 5.92 Å². The summed E-state index contributed by atoms with van der Waals surface area (Å²) in [6.07, 6.45) is 6.57. The zero-order chi connectivity index (χ0) is 15.2. The zero-order valence-electron chi connectivity index (χ0n) is 12.7. The van der Waals surface area contributed by atoms with E-state index in [0.29, 0.717) is 18.9 Å². The summed E-state index contributed by atoms with van der Waals surface area (Å²) in [5, 5.41) is 12.3. The van der Waals surface area contributed by atoms with E-state index >= 15 is 0 Å². The van der Waals surface area contributed by atoms with Crippen molar-refractivity contribution in [1.82, 2.24) is 15.3 Å². The van der Waals surface area contributed by atoms with Crippen LogP contribution in [0.5, 0.6) is 0 Å². The fourth-order valence-corrected chi connectivity index (χ4v) is 2.50. The lowest BCUT2D eigenvalue weighted by atomic mass is 10.0. The summed E-state index contributed by atoms with van der Waals surface area (Å²) in [7, 11) is 0. The molecule has 0 aromatic carbocycles. The summed E-state index contributed by atoms with van der Waals surface area (Å²) in [6.45, 7) is 6.56. The number of rotatable bonds is 7. The third-order valence-electron chi connectivity index (χ3n) is 3.64. The van der Waals surface area contributed by atoms with E-state index in [2.05, 4.69) is 20.2 Å². The van der Waals surface area contributed by atoms with Crippen LogP contribution < -0.4 is 10.2 Å². The minimum Gasteiger partial charge on any atom is -0.480 e. The summed E-state index contributed by atoms with van der Waals surface area (Å²) >= 11 is 0. The Morgan fingerprint density at radius 1 is 1.33 bits per heavy atom. The summed E-state index contributed by atoms with van der Waals surface area (Å²) in [4.78, 5) is 22.1. The van der Waals surface area contributed by atoms with E-state index in [1.54, 1.807) is 12.4 Å². The molecule has 21 heavy (non-hydrogen) atoms. The van der Waals surface area contributed by atoms with Gasteiger partial charge in [-0.2, -0.15) is 0 Å². The van der Waals surface area contributed by atoms with E-state index in [1.807, 2.05) is 13.8 Å². The van der Waals surface area contributed by atoms with E-state index < -0.39 is 12.0 Å². The Bertz CT molecular complexity index is 455. The van der Waals surface area contributed by atoms with Crippen molar-refractivity contribution in [2.75, 3.05) is 18.0 Å². The van der Waals surface area contributed by atoms with Crippen LogP contribution in [-0.4, -0.2) is 40.2 Å². The Hall–Kier alpha value is -1.69. The maximum atomic E-state index is 11.2. The van der Waals surface area contributed by atoms with E-state index in [0.717, 1.165) is 24.6 Å². The first-order valence-electron chi connectivity index (χ1n) is 7.58. The number of aromatic nitrogens is 2. The third-order valence-corrected chi connectivity index (χ3v) is 3.64. The predicted octanol–water partition coefficient (Wildman–Crippen LogP) is 1.67. The highest BCUT2D eigenvalue weighted by molar-refractivity contribution is 5.73. The minimum atomic E-state index is -0.807. The highest BCUT2D eigenvalue weighted by atomic mass is 16.4. The van der Waals surface area contributed by atoms with Gasteiger partial charge in [-0.15, -0.1) is 0 Å². The summed E-state index contributed by atoms with van der Waals surface area (Å²) < 4.78 is 0. The van der Waals surface area contributed by atoms with Gasteiger partial charge in [-0.1, -0.05) is 13.8 Å². The van der Waals surface area contributed by atoms with Gasteiger partial charge in [0.1, 0.15) is 6.04 Å². The lowest BCUT2D eigenvalue weighted by Gasteiger charge is -2.17. The van der Waals surface area contributed by atoms with Crippen molar-refractivity contribution in [1.29, 1.82) is 0 Å². The van der Waals surface area contributed by atoms with Crippen molar-refractivity contribution < 1.29 is 9.90 Å². The smallest absolute Gasteiger partial charge is 0.320 e. The first-order chi connectivity index (χ1) is 10.1. The monoisotopic (exact) mass is 292 g/mol. The van der Waals surface area contributed by atoms with Crippen molar-refractivity contribution >= 4 is 11.9 Å². The molecule has 1 aromatic rings. The van der Waals surface area contributed by atoms with Crippen molar-refractivity contribution in [2.45, 2.75) is 45.7 Å². The molecule has 2 N–H and O–H groups in total. The van der Waals surface area contributed by atoms with Crippen molar-refractivity contribution in [3.05, 3.63) is 18.0 Å². The number of hydrogen-bond donors (Lipinski definition) is 2. The molecule has 0 amide bonds. The fraction of sp³-hybridized carbons (Fsp3) is 0.667. The van der Waals surface area contributed by atoms with Crippen molar-refractivity contribution in [2.24, 2.45) is 5.92 Å².